The monoisotopic (exact) mass is 211 g/mol. The largest absolute Gasteiger partial charge is 0.309 e. The Balaban J connectivity index is 2.08. The van der Waals surface area contributed by atoms with E-state index in [4.69, 9.17) is 0 Å². The Morgan fingerprint density at radius 2 is 2.07 bits per heavy atom. The SMILES string of the molecule is Fc1ccc(C2CSCCCN2)cc1. The van der Waals surface area contributed by atoms with Gasteiger partial charge in [-0.25, -0.2) is 4.39 Å². The van der Waals surface area contributed by atoms with Crippen LogP contribution in [0, 0.1) is 5.82 Å². The van der Waals surface area contributed by atoms with Crippen molar-refractivity contribution in [1.29, 1.82) is 0 Å². The molecule has 1 fully saturated rings. The van der Waals surface area contributed by atoms with Crippen LogP contribution in [-0.4, -0.2) is 18.1 Å². The second-order valence-corrected chi connectivity index (χ2v) is 4.64. The zero-order valence-corrected chi connectivity index (χ0v) is 8.82. The molecule has 1 unspecified atom stereocenters. The van der Waals surface area contributed by atoms with Crippen LogP contribution in [0.4, 0.5) is 4.39 Å². The fourth-order valence-corrected chi connectivity index (χ4v) is 2.68. The van der Waals surface area contributed by atoms with Crippen LogP contribution in [0.25, 0.3) is 0 Å². The van der Waals surface area contributed by atoms with Gasteiger partial charge in [-0.2, -0.15) is 11.8 Å². The standard InChI is InChI=1S/C11H14FNS/c12-10-4-2-9(3-5-10)11-8-14-7-1-6-13-11/h2-5,11,13H,1,6-8H2. The number of thioether (sulfide) groups is 1. The van der Waals surface area contributed by atoms with Crippen molar-refractivity contribution < 1.29 is 4.39 Å². The van der Waals surface area contributed by atoms with Crippen molar-refractivity contribution in [3.05, 3.63) is 35.6 Å². The highest BCUT2D eigenvalue weighted by molar-refractivity contribution is 7.99. The van der Waals surface area contributed by atoms with E-state index >= 15 is 0 Å². The highest BCUT2D eigenvalue weighted by Crippen LogP contribution is 2.21. The highest BCUT2D eigenvalue weighted by Gasteiger charge is 2.13. The van der Waals surface area contributed by atoms with Gasteiger partial charge in [-0.15, -0.1) is 0 Å². The van der Waals surface area contributed by atoms with Crippen LogP contribution in [0.2, 0.25) is 0 Å². The lowest BCUT2D eigenvalue weighted by molar-refractivity contribution is 0.585. The lowest BCUT2D eigenvalue weighted by Gasteiger charge is -2.15. The Bertz CT molecular complexity index is 278. The molecule has 1 atom stereocenters. The lowest BCUT2D eigenvalue weighted by Crippen LogP contribution is -2.22. The molecule has 1 aromatic rings. The number of nitrogens with one attached hydrogen (secondary N) is 1. The van der Waals surface area contributed by atoms with Crippen LogP contribution in [0.1, 0.15) is 18.0 Å². The molecular weight excluding hydrogens is 197 g/mol. The van der Waals surface area contributed by atoms with Crippen LogP contribution in [0.15, 0.2) is 24.3 Å². The normalized spacial score (nSPS) is 23.1. The van der Waals surface area contributed by atoms with Gasteiger partial charge < -0.3 is 5.32 Å². The fourth-order valence-electron chi connectivity index (χ4n) is 1.62. The number of halogens is 1. The summed E-state index contributed by atoms with van der Waals surface area (Å²) in [5.74, 6) is 2.16. The first-order chi connectivity index (χ1) is 6.86. The zero-order valence-electron chi connectivity index (χ0n) is 8.00. The Morgan fingerprint density at radius 3 is 2.86 bits per heavy atom. The van der Waals surface area contributed by atoms with Crippen molar-refractivity contribution >= 4 is 11.8 Å². The molecular formula is C11H14FNS. The molecule has 14 heavy (non-hydrogen) atoms. The van der Waals surface area contributed by atoms with E-state index in [1.165, 1.54) is 29.9 Å². The fraction of sp³-hybridized carbons (Fsp3) is 0.455. The number of rotatable bonds is 1. The first kappa shape index (κ1) is 9.99. The van der Waals surface area contributed by atoms with Gasteiger partial charge >= 0.3 is 0 Å². The number of hydrogen-bond donors (Lipinski definition) is 1. The third kappa shape index (κ3) is 2.49. The molecule has 1 N–H and O–H groups in total. The van der Waals surface area contributed by atoms with E-state index in [2.05, 4.69) is 5.32 Å². The molecule has 76 valence electrons. The molecule has 0 aliphatic carbocycles. The molecule has 1 aliphatic heterocycles. The Labute approximate surface area is 88.1 Å². The Hall–Kier alpha value is -0.540. The summed E-state index contributed by atoms with van der Waals surface area (Å²) in [6.45, 7) is 1.06. The summed E-state index contributed by atoms with van der Waals surface area (Å²) >= 11 is 1.97. The van der Waals surface area contributed by atoms with Gasteiger partial charge in [-0.05, 0) is 36.4 Å². The summed E-state index contributed by atoms with van der Waals surface area (Å²) in [6, 6.07) is 7.21. The Kier molecular flexibility index (Phi) is 3.43. The van der Waals surface area contributed by atoms with Crippen molar-refractivity contribution in [1.82, 2.24) is 5.32 Å². The minimum atomic E-state index is -0.157. The summed E-state index contributed by atoms with van der Waals surface area (Å²) in [5, 5.41) is 3.47. The van der Waals surface area contributed by atoms with Gasteiger partial charge in [-0.1, -0.05) is 12.1 Å². The Morgan fingerprint density at radius 1 is 1.29 bits per heavy atom. The molecule has 3 heteroatoms. The second kappa shape index (κ2) is 4.80. The van der Waals surface area contributed by atoms with E-state index in [9.17, 15) is 4.39 Å². The predicted molar refractivity (Wildman–Crippen MR) is 59.1 cm³/mol. The van der Waals surface area contributed by atoms with Gasteiger partial charge in [0.1, 0.15) is 5.82 Å². The molecule has 1 nitrogen and oxygen atoms in total. The molecule has 0 spiro atoms. The van der Waals surface area contributed by atoms with Gasteiger partial charge in [0, 0.05) is 11.8 Å². The summed E-state index contributed by atoms with van der Waals surface area (Å²) < 4.78 is 12.7. The van der Waals surface area contributed by atoms with Gasteiger partial charge in [-0.3, -0.25) is 0 Å². The third-order valence-electron chi connectivity index (χ3n) is 2.41. The van der Waals surface area contributed by atoms with Crippen LogP contribution in [0.5, 0.6) is 0 Å². The van der Waals surface area contributed by atoms with E-state index in [1.807, 2.05) is 23.9 Å². The summed E-state index contributed by atoms with van der Waals surface area (Å²) in [5.41, 5.74) is 1.20. The molecule has 0 radical (unpaired) electrons. The molecule has 1 heterocycles. The number of benzene rings is 1. The van der Waals surface area contributed by atoms with Crippen molar-refractivity contribution in [3.8, 4) is 0 Å². The number of hydrogen-bond acceptors (Lipinski definition) is 2. The zero-order chi connectivity index (χ0) is 9.80. The molecule has 1 saturated heterocycles. The van der Waals surface area contributed by atoms with E-state index in [-0.39, 0.29) is 5.82 Å². The van der Waals surface area contributed by atoms with Crippen molar-refractivity contribution in [2.75, 3.05) is 18.1 Å². The van der Waals surface area contributed by atoms with Gasteiger partial charge in [0.15, 0.2) is 0 Å². The van der Waals surface area contributed by atoms with E-state index < -0.39 is 0 Å². The molecule has 0 bridgehead atoms. The molecule has 2 rings (SSSR count). The molecule has 0 aromatic heterocycles. The minimum Gasteiger partial charge on any atom is -0.309 e. The smallest absolute Gasteiger partial charge is 0.123 e. The maximum atomic E-state index is 12.7. The highest BCUT2D eigenvalue weighted by atomic mass is 32.2. The van der Waals surface area contributed by atoms with Crippen molar-refractivity contribution in [3.63, 3.8) is 0 Å². The van der Waals surface area contributed by atoms with E-state index in [0.29, 0.717) is 6.04 Å². The van der Waals surface area contributed by atoms with Gasteiger partial charge in [0.2, 0.25) is 0 Å². The van der Waals surface area contributed by atoms with Gasteiger partial charge in [0.05, 0.1) is 0 Å². The van der Waals surface area contributed by atoms with Crippen LogP contribution < -0.4 is 5.32 Å². The first-order valence-corrected chi connectivity index (χ1v) is 6.08. The van der Waals surface area contributed by atoms with Crippen molar-refractivity contribution in [2.45, 2.75) is 12.5 Å². The van der Waals surface area contributed by atoms with Gasteiger partial charge in [0.25, 0.3) is 0 Å². The summed E-state index contributed by atoms with van der Waals surface area (Å²) in [4.78, 5) is 0. The maximum Gasteiger partial charge on any atom is 0.123 e. The predicted octanol–water partition coefficient (Wildman–Crippen LogP) is 2.59. The molecule has 0 saturated carbocycles. The molecule has 1 aliphatic rings. The quantitative estimate of drug-likeness (QED) is 0.766. The average Bonchev–Trinajstić information content (AvgIpc) is 2.47. The first-order valence-electron chi connectivity index (χ1n) is 4.93. The van der Waals surface area contributed by atoms with E-state index in [1.54, 1.807) is 0 Å². The second-order valence-electron chi connectivity index (χ2n) is 3.49. The van der Waals surface area contributed by atoms with E-state index in [0.717, 1.165) is 12.3 Å². The minimum absolute atomic E-state index is 0.157. The summed E-state index contributed by atoms with van der Waals surface area (Å²) in [7, 11) is 0. The topological polar surface area (TPSA) is 12.0 Å². The maximum absolute atomic E-state index is 12.7. The lowest BCUT2D eigenvalue weighted by atomic mass is 10.1. The average molecular weight is 211 g/mol. The third-order valence-corrected chi connectivity index (χ3v) is 3.56. The summed E-state index contributed by atoms with van der Waals surface area (Å²) in [6.07, 6.45) is 1.22. The molecule has 0 amide bonds. The van der Waals surface area contributed by atoms with Crippen molar-refractivity contribution in [2.24, 2.45) is 0 Å². The van der Waals surface area contributed by atoms with Crippen LogP contribution in [-0.2, 0) is 0 Å². The molecule has 1 aromatic carbocycles. The van der Waals surface area contributed by atoms with Crippen LogP contribution >= 0.6 is 11.8 Å². The van der Waals surface area contributed by atoms with Crippen LogP contribution in [0.3, 0.4) is 0 Å².